The maximum atomic E-state index is 12.9. The first-order valence-corrected chi connectivity index (χ1v) is 9.52. The first-order valence-electron chi connectivity index (χ1n) is 9.52. The molecule has 2 nitrogen and oxygen atoms in total. The molecule has 4 rings (SSSR count). The van der Waals surface area contributed by atoms with Crippen LogP contribution in [0, 0.1) is 17.8 Å². The van der Waals surface area contributed by atoms with E-state index < -0.39 is 0 Å². The number of carbonyl (C=O) groups excluding carboxylic acids is 1. The van der Waals surface area contributed by atoms with E-state index in [1.807, 2.05) is 59.5 Å². The lowest BCUT2D eigenvalue weighted by Crippen LogP contribution is -2.35. The van der Waals surface area contributed by atoms with Crippen LogP contribution in [-0.4, -0.2) is 17.4 Å². The lowest BCUT2D eigenvalue weighted by molar-refractivity contribution is -0.127. The van der Waals surface area contributed by atoms with Gasteiger partial charge in [-0.2, -0.15) is 0 Å². The molecule has 2 aliphatic rings. The second kappa shape index (κ2) is 7.74. The summed E-state index contributed by atoms with van der Waals surface area (Å²) in [6.45, 7) is 1.52. The van der Waals surface area contributed by atoms with Crippen molar-refractivity contribution in [2.24, 2.45) is 17.8 Å². The van der Waals surface area contributed by atoms with E-state index >= 15 is 0 Å². The molecule has 26 heavy (non-hydrogen) atoms. The second-order valence-electron chi connectivity index (χ2n) is 7.49. The van der Waals surface area contributed by atoms with Crippen LogP contribution in [-0.2, 0) is 11.3 Å². The first kappa shape index (κ1) is 16.8. The quantitative estimate of drug-likeness (QED) is 0.537. The molecular formula is C24H25NO. The second-order valence-corrected chi connectivity index (χ2v) is 7.49. The maximum absolute atomic E-state index is 12.9. The number of hydrogen-bond donors (Lipinski definition) is 0. The highest BCUT2D eigenvalue weighted by molar-refractivity contribution is 5.91. The van der Waals surface area contributed by atoms with E-state index in [-0.39, 0.29) is 5.91 Å². The normalized spacial score (nSPS) is 23.6. The smallest absolute Gasteiger partial charge is 0.246 e. The minimum Gasteiger partial charge on any atom is -0.335 e. The number of amides is 1. The van der Waals surface area contributed by atoms with Gasteiger partial charge in [-0.3, -0.25) is 4.79 Å². The molecule has 1 amide bonds. The summed E-state index contributed by atoms with van der Waals surface area (Å²) in [5, 5.41) is 0. The third-order valence-electron chi connectivity index (χ3n) is 5.62. The van der Waals surface area contributed by atoms with Gasteiger partial charge in [0, 0.05) is 19.2 Å². The monoisotopic (exact) mass is 343 g/mol. The minimum atomic E-state index is 0.101. The SMILES string of the molecule is O=C(/C=C/c1ccccc1)N(Cc1ccccc1)CC1CC2C=CC1C2. The van der Waals surface area contributed by atoms with Crippen molar-refractivity contribution in [2.75, 3.05) is 6.54 Å². The third kappa shape index (κ3) is 3.96. The van der Waals surface area contributed by atoms with Gasteiger partial charge in [0.1, 0.15) is 0 Å². The summed E-state index contributed by atoms with van der Waals surface area (Å²) in [6.07, 6.45) is 10.9. The minimum absolute atomic E-state index is 0.101. The van der Waals surface area contributed by atoms with E-state index in [1.165, 1.54) is 18.4 Å². The molecule has 2 bridgehead atoms. The van der Waals surface area contributed by atoms with Gasteiger partial charge in [0.05, 0.1) is 0 Å². The Morgan fingerprint density at radius 3 is 2.35 bits per heavy atom. The van der Waals surface area contributed by atoms with Crippen molar-refractivity contribution < 1.29 is 4.79 Å². The molecule has 0 spiro atoms. The molecule has 0 saturated heterocycles. The average molecular weight is 343 g/mol. The van der Waals surface area contributed by atoms with Crippen molar-refractivity contribution in [1.82, 2.24) is 4.90 Å². The Bertz CT molecular complexity index is 793. The molecular weight excluding hydrogens is 318 g/mol. The number of fused-ring (bicyclic) bond motifs is 2. The first-order chi connectivity index (χ1) is 12.8. The van der Waals surface area contributed by atoms with Crippen molar-refractivity contribution in [2.45, 2.75) is 19.4 Å². The zero-order valence-corrected chi connectivity index (χ0v) is 15.0. The topological polar surface area (TPSA) is 20.3 Å². The summed E-state index contributed by atoms with van der Waals surface area (Å²) in [4.78, 5) is 15.0. The summed E-state index contributed by atoms with van der Waals surface area (Å²) in [5.74, 6) is 2.09. The predicted molar refractivity (Wildman–Crippen MR) is 106 cm³/mol. The molecule has 1 saturated carbocycles. The fourth-order valence-corrected chi connectivity index (χ4v) is 4.26. The van der Waals surface area contributed by atoms with Gasteiger partial charge < -0.3 is 4.90 Å². The molecule has 0 radical (unpaired) electrons. The third-order valence-corrected chi connectivity index (χ3v) is 5.62. The van der Waals surface area contributed by atoms with Crippen molar-refractivity contribution in [3.8, 4) is 0 Å². The van der Waals surface area contributed by atoms with Crippen molar-refractivity contribution in [3.05, 3.63) is 90.0 Å². The molecule has 2 aliphatic carbocycles. The van der Waals surface area contributed by atoms with Gasteiger partial charge in [-0.1, -0.05) is 72.8 Å². The molecule has 1 fully saturated rings. The fourth-order valence-electron chi connectivity index (χ4n) is 4.26. The molecule has 2 aromatic rings. The lowest BCUT2D eigenvalue weighted by atomic mass is 9.93. The molecule has 0 aromatic heterocycles. The van der Waals surface area contributed by atoms with E-state index in [1.54, 1.807) is 6.08 Å². The van der Waals surface area contributed by atoms with E-state index in [0.29, 0.717) is 18.4 Å². The zero-order chi connectivity index (χ0) is 17.8. The number of hydrogen-bond acceptors (Lipinski definition) is 1. The summed E-state index contributed by atoms with van der Waals surface area (Å²) in [5.41, 5.74) is 2.25. The maximum Gasteiger partial charge on any atom is 0.246 e. The molecule has 2 heteroatoms. The van der Waals surface area contributed by atoms with Crippen molar-refractivity contribution in [3.63, 3.8) is 0 Å². The zero-order valence-electron chi connectivity index (χ0n) is 15.0. The van der Waals surface area contributed by atoms with Crippen molar-refractivity contribution in [1.29, 1.82) is 0 Å². The Morgan fingerprint density at radius 2 is 1.69 bits per heavy atom. The standard InChI is InChI=1S/C24H25NO/c26-24(14-12-19-7-3-1-4-8-19)25(17-20-9-5-2-6-10-20)18-23-16-21-11-13-22(23)15-21/h1-14,21-23H,15-18H2/b14-12+. The Morgan fingerprint density at radius 1 is 0.962 bits per heavy atom. The molecule has 132 valence electrons. The summed E-state index contributed by atoms with van der Waals surface area (Å²) in [7, 11) is 0. The van der Waals surface area contributed by atoms with Crippen LogP contribution in [0.4, 0.5) is 0 Å². The molecule has 0 N–H and O–H groups in total. The number of benzene rings is 2. The largest absolute Gasteiger partial charge is 0.335 e. The van der Waals surface area contributed by atoms with Gasteiger partial charge in [-0.25, -0.2) is 0 Å². The van der Waals surface area contributed by atoms with E-state index in [0.717, 1.165) is 18.0 Å². The predicted octanol–water partition coefficient (Wildman–Crippen LogP) is 4.94. The van der Waals surface area contributed by atoms with Crippen LogP contribution >= 0.6 is 0 Å². The van der Waals surface area contributed by atoms with Crippen LogP contribution < -0.4 is 0 Å². The highest BCUT2D eigenvalue weighted by Gasteiger charge is 2.36. The molecule has 3 atom stereocenters. The van der Waals surface area contributed by atoms with E-state index in [4.69, 9.17) is 0 Å². The Kier molecular flexibility index (Phi) is 5.01. The van der Waals surface area contributed by atoms with Gasteiger partial charge in [0.25, 0.3) is 0 Å². The van der Waals surface area contributed by atoms with Crippen molar-refractivity contribution >= 4 is 12.0 Å². The van der Waals surface area contributed by atoms with Gasteiger partial charge >= 0.3 is 0 Å². The van der Waals surface area contributed by atoms with Crippen LogP contribution in [0.5, 0.6) is 0 Å². The van der Waals surface area contributed by atoms with E-state index in [2.05, 4.69) is 24.3 Å². The van der Waals surface area contributed by atoms with Gasteiger partial charge in [-0.15, -0.1) is 0 Å². The van der Waals surface area contributed by atoms with Crippen LogP contribution in [0.25, 0.3) is 6.08 Å². The van der Waals surface area contributed by atoms with Crippen LogP contribution in [0.3, 0.4) is 0 Å². The van der Waals surface area contributed by atoms with Gasteiger partial charge in [-0.05, 0) is 47.8 Å². The van der Waals surface area contributed by atoms with E-state index in [9.17, 15) is 4.79 Å². The Hall–Kier alpha value is -2.61. The number of rotatable bonds is 6. The molecule has 2 aromatic carbocycles. The Labute approximate surface area is 155 Å². The van der Waals surface area contributed by atoms with Crippen LogP contribution in [0.15, 0.2) is 78.9 Å². The van der Waals surface area contributed by atoms with Gasteiger partial charge in [0.2, 0.25) is 5.91 Å². The highest BCUT2D eigenvalue weighted by atomic mass is 16.2. The van der Waals surface area contributed by atoms with Crippen LogP contribution in [0.1, 0.15) is 24.0 Å². The summed E-state index contributed by atoms with van der Waals surface area (Å²) in [6, 6.07) is 20.3. The molecule has 0 heterocycles. The molecule has 0 aliphatic heterocycles. The lowest BCUT2D eigenvalue weighted by Gasteiger charge is -2.28. The summed E-state index contributed by atoms with van der Waals surface area (Å²) >= 11 is 0. The average Bonchev–Trinajstić information content (AvgIpc) is 3.30. The number of allylic oxidation sites excluding steroid dienone is 2. The molecule has 3 unspecified atom stereocenters. The number of nitrogens with zero attached hydrogens (tertiary/aromatic N) is 1. The Balaban J connectivity index is 1.48. The van der Waals surface area contributed by atoms with Gasteiger partial charge in [0.15, 0.2) is 0 Å². The van der Waals surface area contributed by atoms with Crippen LogP contribution in [0.2, 0.25) is 0 Å². The fraction of sp³-hybridized carbons (Fsp3) is 0.292. The summed E-state index contributed by atoms with van der Waals surface area (Å²) < 4.78 is 0. The number of carbonyl (C=O) groups is 1. The highest BCUT2D eigenvalue weighted by Crippen LogP contribution is 2.43.